The smallest absolute Gasteiger partial charge is 0.0847 e. The normalized spacial score (nSPS) is 13.1. The van der Waals surface area contributed by atoms with Gasteiger partial charge in [0.25, 0.3) is 0 Å². The number of halogens is 1. The van der Waals surface area contributed by atoms with E-state index in [-0.39, 0.29) is 0 Å². The molecular weight excluding hydrogens is 286 g/mol. The third-order valence-corrected chi connectivity index (χ3v) is 4.15. The fraction of sp³-hybridized carbons (Fsp3) is 0.812. The predicted molar refractivity (Wildman–Crippen MR) is 89.0 cm³/mol. The lowest BCUT2D eigenvalue weighted by Crippen LogP contribution is -2.28. The Morgan fingerprint density at radius 3 is 2.67 bits per heavy atom. The molecule has 0 bridgehead atoms. The Morgan fingerprint density at radius 1 is 1.38 bits per heavy atom. The minimum absolute atomic E-state index is 0.570. The van der Waals surface area contributed by atoms with Crippen molar-refractivity contribution in [1.82, 2.24) is 15.1 Å². The van der Waals surface area contributed by atoms with E-state index in [9.17, 15) is 0 Å². The lowest BCUT2D eigenvalue weighted by Gasteiger charge is -2.20. The van der Waals surface area contributed by atoms with Gasteiger partial charge in [-0.2, -0.15) is 5.10 Å². The van der Waals surface area contributed by atoms with Crippen molar-refractivity contribution in [2.75, 3.05) is 26.8 Å². The fourth-order valence-electron chi connectivity index (χ4n) is 2.72. The van der Waals surface area contributed by atoms with Gasteiger partial charge in [0.15, 0.2) is 0 Å². The minimum atomic E-state index is 0.570. The molecule has 0 radical (unpaired) electrons. The van der Waals surface area contributed by atoms with Gasteiger partial charge in [0.2, 0.25) is 0 Å². The Hall–Kier alpha value is -0.580. The van der Waals surface area contributed by atoms with E-state index in [1.165, 1.54) is 12.1 Å². The van der Waals surface area contributed by atoms with Crippen LogP contribution in [0, 0.1) is 18.8 Å². The minimum Gasteiger partial charge on any atom is -0.383 e. The number of nitrogens with one attached hydrogen (secondary N) is 1. The molecule has 0 fully saturated rings. The van der Waals surface area contributed by atoms with E-state index < -0.39 is 0 Å². The molecule has 0 saturated carbocycles. The fourth-order valence-corrected chi connectivity index (χ4v) is 2.94. The molecule has 0 amide bonds. The summed E-state index contributed by atoms with van der Waals surface area (Å²) in [6.45, 7) is 12.1. The molecule has 21 heavy (non-hydrogen) atoms. The topological polar surface area (TPSA) is 39.1 Å². The number of aryl methyl sites for hydroxylation is 2. The Labute approximate surface area is 134 Å². The Morgan fingerprint density at radius 2 is 2.10 bits per heavy atom. The highest BCUT2D eigenvalue weighted by Crippen LogP contribution is 2.25. The van der Waals surface area contributed by atoms with Gasteiger partial charge < -0.3 is 10.1 Å². The number of methoxy groups -OCH3 is 1. The SMILES string of the molecule is CCn1nc(C)c(Cl)c1CC(CNCCOC)CC(C)C. The summed E-state index contributed by atoms with van der Waals surface area (Å²) in [7, 11) is 1.73. The molecule has 1 rings (SSSR count). The molecule has 0 aliphatic carbocycles. The standard InChI is InChI=1S/C16H30ClN3O/c1-6-20-15(16(17)13(4)19-20)10-14(9-12(2)3)11-18-7-8-21-5/h12,14,18H,6-11H2,1-5H3. The van der Waals surface area contributed by atoms with Crippen LogP contribution in [0.3, 0.4) is 0 Å². The molecule has 0 aromatic carbocycles. The predicted octanol–water partition coefficient (Wildman–Crippen LogP) is 3.31. The summed E-state index contributed by atoms with van der Waals surface area (Å²) in [5.74, 6) is 1.25. The van der Waals surface area contributed by atoms with Crippen LogP contribution in [-0.4, -0.2) is 36.6 Å². The summed E-state index contributed by atoms with van der Waals surface area (Å²) in [5, 5.41) is 8.83. The van der Waals surface area contributed by atoms with Crippen LogP contribution < -0.4 is 5.32 Å². The summed E-state index contributed by atoms with van der Waals surface area (Å²) in [6.07, 6.45) is 2.16. The Kier molecular flexibility index (Phi) is 8.30. The van der Waals surface area contributed by atoms with Crippen LogP contribution in [0.15, 0.2) is 0 Å². The van der Waals surface area contributed by atoms with Crippen LogP contribution in [0.2, 0.25) is 5.02 Å². The van der Waals surface area contributed by atoms with Crippen LogP contribution >= 0.6 is 11.6 Å². The third kappa shape index (κ3) is 5.97. The molecule has 1 unspecified atom stereocenters. The van der Waals surface area contributed by atoms with Crippen molar-refractivity contribution in [2.45, 2.75) is 47.1 Å². The van der Waals surface area contributed by atoms with Crippen molar-refractivity contribution in [3.63, 3.8) is 0 Å². The van der Waals surface area contributed by atoms with Gasteiger partial charge in [0.05, 0.1) is 23.0 Å². The van der Waals surface area contributed by atoms with Crippen LogP contribution in [0.1, 0.15) is 38.6 Å². The van der Waals surface area contributed by atoms with Gasteiger partial charge in [-0.3, -0.25) is 4.68 Å². The van der Waals surface area contributed by atoms with Crippen molar-refractivity contribution < 1.29 is 4.74 Å². The van der Waals surface area contributed by atoms with E-state index in [1.54, 1.807) is 7.11 Å². The average Bonchev–Trinajstić information content (AvgIpc) is 2.70. The average molecular weight is 316 g/mol. The van der Waals surface area contributed by atoms with Gasteiger partial charge in [-0.15, -0.1) is 0 Å². The van der Waals surface area contributed by atoms with E-state index in [1.807, 2.05) is 11.6 Å². The first-order chi connectivity index (χ1) is 9.99. The second-order valence-corrected chi connectivity index (χ2v) is 6.44. The van der Waals surface area contributed by atoms with Crippen molar-refractivity contribution in [1.29, 1.82) is 0 Å². The lowest BCUT2D eigenvalue weighted by atomic mass is 9.92. The summed E-state index contributed by atoms with van der Waals surface area (Å²) in [6, 6.07) is 0. The van der Waals surface area contributed by atoms with E-state index >= 15 is 0 Å². The van der Waals surface area contributed by atoms with Gasteiger partial charge in [-0.05, 0) is 45.1 Å². The first-order valence-electron chi connectivity index (χ1n) is 7.90. The summed E-state index contributed by atoms with van der Waals surface area (Å²) < 4.78 is 7.13. The molecule has 1 heterocycles. The van der Waals surface area contributed by atoms with Crippen molar-refractivity contribution in [3.8, 4) is 0 Å². The molecule has 4 nitrogen and oxygen atoms in total. The maximum atomic E-state index is 6.43. The molecule has 0 saturated heterocycles. The number of ether oxygens (including phenoxy) is 1. The molecule has 1 atom stereocenters. The van der Waals surface area contributed by atoms with Crippen LogP contribution in [-0.2, 0) is 17.7 Å². The van der Waals surface area contributed by atoms with E-state index in [2.05, 4.69) is 31.2 Å². The number of aromatic nitrogens is 2. The zero-order valence-corrected chi connectivity index (χ0v) is 14.8. The molecule has 1 N–H and O–H groups in total. The van der Waals surface area contributed by atoms with Gasteiger partial charge in [-0.1, -0.05) is 25.4 Å². The van der Waals surface area contributed by atoms with Gasteiger partial charge in [-0.25, -0.2) is 0 Å². The lowest BCUT2D eigenvalue weighted by molar-refractivity contribution is 0.197. The summed E-state index contributed by atoms with van der Waals surface area (Å²) >= 11 is 6.43. The molecular formula is C16H30ClN3O. The second kappa shape index (κ2) is 9.44. The quantitative estimate of drug-likeness (QED) is 0.673. The number of hydrogen-bond donors (Lipinski definition) is 1. The number of nitrogens with zero attached hydrogens (tertiary/aromatic N) is 2. The Bertz CT molecular complexity index is 418. The molecule has 0 aliphatic heterocycles. The molecule has 0 aliphatic rings. The van der Waals surface area contributed by atoms with Crippen LogP contribution in [0.5, 0.6) is 0 Å². The molecule has 122 valence electrons. The van der Waals surface area contributed by atoms with E-state index in [4.69, 9.17) is 16.3 Å². The van der Waals surface area contributed by atoms with E-state index in [0.29, 0.717) is 11.8 Å². The third-order valence-electron chi connectivity index (χ3n) is 3.66. The largest absolute Gasteiger partial charge is 0.383 e. The second-order valence-electron chi connectivity index (χ2n) is 6.06. The van der Waals surface area contributed by atoms with Crippen LogP contribution in [0.25, 0.3) is 0 Å². The van der Waals surface area contributed by atoms with Crippen molar-refractivity contribution >= 4 is 11.6 Å². The molecule has 1 aromatic heterocycles. The van der Waals surface area contributed by atoms with Gasteiger partial charge in [0, 0.05) is 20.2 Å². The van der Waals surface area contributed by atoms with Crippen molar-refractivity contribution in [3.05, 3.63) is 16.4 Å². The first kappa shape index (κ1) is 18.5. The highest BCUT2D eigenvalue weighted by atomic mass is 35.5. The molecule has 5 heteroatoms. The monoisotopic (exact) mass is 315 g/mol. The van der Waals surface area contributed by atoms with Gasteiger partial charge >= 0.3 is 0 Å². The number of rotatable bonds is 10. The van der Waals surface area contributed by atoms with E-state index in [0.717, 1.165) is 43.4 Å². The summed E-state index contributed by atoms with van der Waals surface area (Å²) in [5.41, 5.74) is 2.11. The highest BCUT2D eigenvalue weighted by molar-refractivity contribution is 6.31. The van der Waals surface area contributed by atoms with Crippen molar-refractivity contribution in [2.24, 2.45) is 11.8 Å². The zero-order valence-electron chi connectivity index (χ0n) is 14.1. The zero-order chi connectivity index (χ0) is 15.8. The van der Waals surface area contributed by atoms with Gasteiger partial charge in [0.1, 0.15) is 0 Å². The number of hydrogen-bond acceptors (Lipinski definition) is 3. The highest BCUT2D eigenvalue weighted by Gasteiger charge is 2.18. The van der Waals surface area contributed by atoms with Crippen LogP contribution in [0.4, 0.5) is 0 Å². The molecule has 1 aromatic rings. The Balaban J connectivity index is 2.71. The molecule has 0 spiro atoms. The maximum Gasteiger partial charge on any atom is 0.0847 e. The summed E-state index contributed by atoms with van der Waals surface area (Å²) in [4.78, 5) is 0. The first-order valence-corrected chi connectivity index (χ1v) is 8.28. The maximum absolute atomic E-state index is 6.43.